The molecule has 0 spiro atoms. The lowest BCUT2D eigenvalue weighted by molar-refractivity contribution is 0.174. The Hall–Kier alpha value is -1.68. The Bertz CT molecular complexity index is 437. The highest BCUT2D eigenvalue weighted by atomic mass is 16.7. The van der Waals surface area contributed by atoms with Crippen LogP contribution in [-0.4, -0.2) is 13.4 Å². The summed E-state index contributed by atoms with van der Waals surface area (Å²) in [7, 11) is 0. The third-order valence-corrected chi connectivity index (χ3v) is 2.51. The summed E-state index contributed by atoms with van der Waals surface area (Å²) in [4.78, 5) is 0. The maximum Gasteiger partial charge on any atom is 0.231 e. The van der Waals surface area contributed by atoms with E-state index in [0.717, 1.165) is 22.8 Å². The molecule has 2 N–H and O–H groups in total. The molecule has 4 nitrogen and oxygen atoms in total. The first-order valence-electron chi connectivity index (χ1n) is 5.59. The molecule has 0 aliphatic carbocycles. The van der Waals surface area contributed by atoms with Gasteiger partial charge in [0.2, 0.25) is 6.79 Å². The molecule has 1 aliphatic rings. The molecule has 0 radical (unpaired) electrons. The number of hydrogen-bond donors (Lipinski definition) is 1. The fourth-order valence-corrected chi connectivity index (χ4v) is 1.56. The first-order valence-corrected chi connectivity index (χ1v) is 5.59. The molecule has 0 fully saturated rings. The fraction of sp³-hybridized carbons (Fsp3) is 0.385. The molecule has 1 aromatic carbocycles. The van der Waals surface area contributed by atoms with Gasteiger partial charge in [-0.1, -0.05) is 5.57 Å². The minimum atomic E-state index is 0.261. The fourth-order valence-electron chi connectivity index (χ4n) is 1.56. The number of hydrogen-bond acceptors (Lipinski definition) is 4. The van der Waals surface area contributed by atoms with Gasteiger partial charge in [-0.25, -0.2) is 0 Å². The number of fused-ring (bicyclic) bond motifs is 1. The first-order chi connectivity index (χ1) is 8.20. The van der Waals surface area contributed by atoms with Gasteiger partial charge in [0.05, 0.1) is 0 Å². The molecule has 1 heterocycles. The number of rotatable bonds is 4. The smallest absolute Gasteiger partial charge is 0.231 e. The van der Waals surface area contributed by atoms with Crippen LogP contribution in [-0.2, 0) is 6.54 Å². The van der Waals surface area contributed by atoms with Crippen molar-refractivity contribution >= 4 is 0 Å². The zero-order valence-corrected chi connectivity index (χ0v) is 10.2. The highest BCUT2D eigenvalue weighted by Crippen LogP contribution is 2.37. The highest BCUT2D eigenvalue weighted by Gasteiger charge is 2.17. The maximum absolute atomic E-state index is 5.68. The molecule has 0 amide bonds. The van der Waals surface area contributed by atoms with Crippen LogP contribution in [0.5, 0.6) is 17.2 Å². The monoisotopic (exact) mass is 235 g/mol. The normalized spacial score (nSPS) is 12.4. The van der Waals surface area contributed by atoms with Crippen LogP contribution in [0.4, 0.5) is 0 Å². The van der Waals surface area contributed by atoms with Crippen LogP contribution in [0.1, 0.15) is 19.4 Å². The summed E-state index contributed by atoms with van der Waals surface area (Å²) in [6.45, 7) is 5.28. The second kappa shape index (κ2) is 5.10. The Morgan fingerprint density at radius 1 is 1.35 bits per heavy atom. The van der Waals surface area contributed by atoms with Crippen molar-refractivity contribution in [3.8, 4) is 17.2 Å². The van der Waals surface area contributed by atoms with Gasteiger partial charge >= 0.3 is 0 Å². The van der Waals surface area contributed by atoms with Crippen LogP contribution >= 0.6 is 0 Å². The summed E-state index contributed by atoms with van der Waals surface area (Å²) in [5.41, 5.74) is 7.83. The molecular formula is C13H17NO3. The summed E-state index contributed by atoms with van der Waals surface area (Å²) in [6, 6.07) is 3.71. The van der Waals surface area contributed by atoms with Crippen molar-refractivity contribution in [1.82, 2.24) is 0 Å². The van der Waals surface area contributed by atoms with Crippen molar-refractivity contribution in [2.45, 2.75) is 20.4 Å². The lowest BCUT2D eigenvalue weighted by atomic mass is 10.2. The van der Waals surface area contributed by atoms with Gasteiger partial charge in [-0.15, -0.1) is 0 Å². The Morgan fingerprint density at radius 2 is 2.06 bits per heavy atom. The average Bonchev–Trinajstić information content (AvgIpc) is 2.74. The molecular weight excluding hydrogens is 218 g/mol. The van der Waals surface area contributed by atoms with Crippen molar-refractivity contribution in [1.29, 1.82) is 0 Å². The summed E-state index contributed by atoms with van der Waals surface area (Å²) in [6.07, 6.45) is 2.02. The number of allylic oxidation sites excluding steroid dienone is 1. The minimum absolute atomic E-state index is 0.261. The summed E-state index contributed by atoms with van der Waals surface area (Å²) >= 11 is 0. The molecule has 0 atom stereocenters. The third-order valence-electron chi connectivity index (χ3n) is 2.51. The average molecular weight is 235 g/mol. The van der Waals surface area contributed by atoms with Crippen molar-refractivity contribution in [3.05, 3.63) is 29.3 Å². The lowest BCUT2D eigenvalue weighted by Gasteiger charge is -2.10. The molecule has 4 heteroatoms. The van der Waals surface area contributed by atoms with Gasteiger partial charge in [-0.2, -0.15) is 0 Å². The largest absolute Gasteiger partial charge is 0.489 e. The molecule has 0 unspecified atom stereocenters. The van der Waals surface area contributed by atoms with Crippen molar-refractivity contribution in [3.63, 3.8) is 0 Å². The van der Waals surface area contributed by atoms with Crippen LogP contribution in [0.25, 0.3) is 0 Å². The molecule has 92 valence electrons. The Kier molecular flexibility index (Phi) is 3.54. The Labute approximate surface area is 101 Å². The van der Waals surface area contributed by atoms with E-state index in [1.165, 1.54) is 5.57 Å². The third kappa shape index (κ3) is 2.71. The number of ether oxygens (including phenoxy) is 3. The molecule has 1 aliphatic heterocycles. The van der Waals surface area contributed by atoms with Crippen LogP contribution in [0.15, 0.2) is 23.8 Å². The topological polar surface area (TPSA) is 53.7 Å². The Morgan fingerprint density at radius 3 is 2.71 bits per heavy atom. The molecule has 0 saturated carbocycles. The second-order valence-electron chi connectivity index (χ2n) is 4.11. The lowest BCUT2D eigenvalue weighted by Crippen LogP contribution is -2.02. The van der Waals surface area contributed by atoms with Crippen LogP contribution in [0.3, 0.4) is 0 Å². The minimum Gasteiger partial charge on any atom is -0.489 e. The Balaban J connectivity index is 2.17. The molecule has 2 rings (SSSR count). The van der Waals surface area contributed by atoms with E-state index < -0.39 is 0 Å². The van der Waals surface area contributed by atoms with E-state index in [1.54, 1.807) is 0 Å². The van der Waals surface area contributed by atoms with E-state index in [2.05, 4.69) is 0 Å². The predicted octanol–water partition coefficient (Wildman–Crippen LogP) is 2.22. The van der Waals surface area contributed by atoms with Gasteiger partial charge in [0.1, 0.15) is 12.4 Å². The quantitative estimate of drug-likeness (QED) is 0.813. The van der Waals surface area contributed by atoms with Gasteiger partial charge in [0.25, 0.3) is 0 Å². The van der Waals surface area contributed by atoms with Gasteiger partial charge in [0, 0.05) is 18.2 Å². The maximum atomic E-state index is 5.68. The van der Waals surface area contributed by atoms with Gasteiger partial charge in [-0.3, -0.25) is 0 Å². The zero-order chi connectivity index (χ0) is 12.3. The van der Waals surface area contributed by atoms with Crippen molar-refractivity contribution in [2.24, 2.45) is 5.73 Å². The van der Waals surface area contributed by atoms with Gasteiger partial charge < -0.3 is 19.9 Å². The second-order valence-corrected chi connectivity index (χ2v) is 4.11. The zero-order valence-electron chi connectivity index (χ0n) is 10.2. The molecule has 0 bridgehead atoms. The molecule has 0 aromatic heterocycles. The summed E-state index contributed by atoms with van der Waals surface area (Å²) < 4.78 is 16.3. The van der Waals surface area contributed by atoms with Crippen LogP contribution in [0, 0.1) is 0 Å². The van der Waals surface area contributed by atoms with E-state index in [1.807, 2.05) is 32.1 Å². The molecule has 1 aromatic rings. The highest BCUT2D eigenvalue weighted by molar-refractivity contribution is 5.51. The molecule has 17 heavy (non-hydrogen) atoms. The van der Waals surface area contributed by atoms with E-state index >= 15 is 0 Å². The van der Waals surface area contributed by atoms with Crippen molar-refractivity contribution < 1.29 is 14.2 Å². The summed E-state index contributed by atoms with van der Waals surface area (Å²) in [5, 5.41) is 0. The standard InChI is InChI=1S/C13H17NO3/c1-9(2)3-4-15-11-6-13-12(16-8-17-13)5-10(11)7-14/h3,5-6H,4,7-8,14H2,1-2H3. The van der Waals surface area contributed by atoms with Gasteiger partial charge in [-0.05, 0) is 26.0 Å². The van der Waals surface area contributed by atoms with Crippen LogP contribution in [0.2, 0.25) is 0 Å². The van der Waals surface area contributed by atoms with E-state index in [-0.39, 0.29) is 6.79 Å². The number of nitrogens with two attached hydrogens (primary N) is 1. The summed E-state index contributed by atoms with van der Waals surface area (Å²) in [5.74, 6) is 2.21. The van der Waals surface area contributed by atoms with Crippen molar-refractivity contribution in [2.75, 3.05) is 13.4 Å². The van der Waals surface area contributed by atoms with Crippen LogP contribution < -0.4 is 19.9 Å². The van der Waals surface area contributed by atoms with E-state index in [4.69, 9.17) is 19.9 Å². The van der Waals surface area contributed by atoms with Gasteiger partial charge in [0.15, 0.2) is 11.5 Å². The first kappa shape index (κ1) is 11.8. The number of benzene rings is 1. The molecule has 0 saturated heterocycles. The predicted molar refractivity (Wildman–Crippen MR) is 65.4 cm³/mol. The van der Waals surface area contributed by atoms with E-state index in [9.17, 15) is 0 Å². The SMILES string of the molecule is CC(C)=CCOc1cc2c(cc1CN)OCO2. The van der Waals surface area contributed by atoms with E-state index in [0.29, 0.717) is 13.2 Å².